The van der Waals surface area contributed by atoms with Crippen LogP contribution in [0.4, 0.5) is 5.69 Å². The molecule has 0 aromatic heterocycles. The van der Waals surface area contributed by atoms with Gasteiger partial charge in [0.1, 0.15) is 5.75 Å². The van der Waals surface area contributed by atoms with Gasteiger partial charge in [-0.25, -0.2) is 0 Å². The molecule has 0 aliphatic heterocycles. The number of carbonyl (C=O) groups is 2. The minimum atomic E-state index is -0.331. The Labute approximate surface area is 180 Å². The summed E-state index contributed by atoms with van der Waals surface area (Å²) in [7, 11) is 1.62. The molecule has 0 fully saturated rings. The first-order valence-corrected chi connectivity index (χ1v) is 10.3. The second-order valence-electron chi connectivity index (χ2n) is 6.82. The minimum absolute atomic E-state index is 0.148. The second kappa shape index (κ2) is 11.6. The molecule has 0 saturated carbocycles. The van der Waals surface area contributed by atoms with Crippen LogP contribution in [0, 0.1) is 0 Å². The van der Waals surface area contributed by atoms with E-state index in [4.69, 9.17) is 9.47 Å². The highest BCUT2D eigenvalue weighted by atomic mass is 79.9. The van der Waals surface area contributed by atoms with Crippen LogP contribution >= 0.6 is 15.9 Å². The van der Waals surface area contributed by atoms with Gasteiger partial charge in [0.05, 0.1) is 11.3 Å². The molecule has 2 N–H and O–H groups in total. The van der Waals surface area contributed by atoms with E-state index in [0.717, 1.165) is 16.5 Å². The molecule has 6 nitrogen and oxygen atoms in total. The number of rotatable bonds is 10. The first-order valence-electron chi connectivity index (χ1n) is 9.50. The zero-order valence-electron chi connectivity index (χ0n) is 17.0. The lowest BCUT2D eigenvalue weighted by atomic mass is 10.0. The van der Waals surface area contributed by atoms with Crippen molar-refractivity contribution in [2.75, 3.05) is 32.2 Å². The van der Waals surface area contributed by atoms with Gasteiger partial charge in [-0.1, -0.05) is 41.9 Å². The standard InChI is InChI=1S/C22H27BrN2O4/c1-15(2)18-13-16(23)9-10-20(18)29-14-21(26)25-19-8-5-4-7-17(19)22(27)24-11-6-12-28-3/h4-5,7-10,13,15H,6,11-12,14H2,1-3H3,(H,24,27)(H,25,26). The maximum absolute atomic E-state index is 12.4. The minimum Gasteiger partial charge on any atom is -0.483 e. The summed E-state index contributed by atoms with van der Waals surface area (Å²) in [5.41, 5.74) is 1.87. The fourth-order valence-corrected chi connectivity index (χ4v) is 3.11. The molecule has 156 valence electrons. The summed E-state index contributed by atoms with van der Waals surface area (Å²) in [5.74, 6) is 0.353. The summed E-state index contributed by atoms with van der Waals surface area (Å²) >= 11 is 3.46. The molecule has 0 aliphatic carbocycles. The molecule has 0 saturated heterocycles. The first-order chi connectivity index (χ1) is 13.9. The van der Waals surface area contributed by atoms with E-state index in [9.17, 15) is 9.59 Å². The smallest absolute Gasteiger partial charge is 0.262 e. The third kappa shape index (κ3) is 7.18. The third-order valence-electron chi connectivity index (χ3n) is 4.21. The Morgan fingerprint density at radius 3 is 2.62 bits per heavy atom. The van der Waals surface area contributed by atoms with Gasteiger partial charge < -0.3 is 20.1 Å². The van der Waals surface area contributed by atoms with Gasteiger partial charge in [-0.3, -0.25) is 9.59 Å². The molecule has 2 aromatic rings. The Kier molecular flexibility index (Phi) is 9.15. The quantitative estimate of drug-likeness (QED) is 0.514. The molecule has 2 aromatic carbocycles. The van der Waals surface area contributed by atoms with Crippen molar-refractivity contribution in [1.82, 2.24) is 5.32 Å². The Morgan fingerprint density at radius 1 is 1.14 bits per heavy atom. The molecular weight excluding hydrogens is 436 g/mol. The highest BCUT2D eigenvalue weighted by molar-refractivity contribution is 9.10. The molecule has 0 atom stereocenters. The van der Waals surface area contributed by atoms with Crippen molar-refractivity contribution in [2.45, 2.75) is 26.2 Å². The van der Waals surface area contributed by atoms with Gasteiger partial charge in [0.25, 0.3) is 11.8 Å². The zero-order valence-corrected chi connectivity index (χ0v) is 18.5. The monoisotopic (exact) mass is 462 g/mol. The lowest BCUT2D eigenvalue weighted by Crippen LogP contribution is -2.27. The number of hydrogen-bond acceptors (Lipinski definition) is 4. The number of halogens is 1. The van der Waals surface area contributed by atoms with E-state index < -0.39 is 0 Å². The Hall–Kier alpha value is -2.38. The largest absolute Gasteiger partial charge is 0.483 e. The van der Waals surface area contributed by atoms with E-state index in [0.29, 0.717) is 30.2 Å². The maximum atomic E-state index is 12.4. The summed E-state index contributed by atoms with van der Waals surface area (Å²) in [6.45, 7) is 5.06. The van der Waals surface area contributed by atoms with Crippen LogP contribution < -0.4 is 15.4 Å². The molecule has 0 heterocycles. The van der Waals surface area contributed by atoms with Gasteiger partial charge in [-0.15, -0.1) is 0 Å². The van der Waals surface area contributed by atoms with Gasteiger partial charge in [0.15, 0.2) is 6.61 Å². The maximum Gasteiger partial charge on any atom is 0.262 e. The molecule has 0 radical (unpaired) electrons. The number of carbonyl (C=O) groups excluding carboxylic acids is 2. The van der Waals surface area contributed by atoms with Crippen LogP contribution in [0.1, 0.15) is 42.1 Å². The van der Waals surface area contributed by atoms with Crippen LogP contribution in [0.25, 0.3) is 0 Å². The molecule has 2 rings (SSSR count). The number of methoxy groups -OCH3 is 1. The van der Waals surface area contributed by atoms with Crippen LogP contribution in [-0.2, 0) is 9.53 Å². The fourth-order valence-electron chi connectivity index (χ4n) is 2.74. The van der Waals surface area contributed by atoms with Gasteiger partial charge in [-0.05, 0) is 48.2 Å². The average molecular weight is 463 g/mol. The van der Waals surface area contributed by atoms with Crippen LogP contribution in [0.3, 0.4) is 0 Å². The van der Waals surface area contributed by atoms with Crippen LogP contribution in [0.2, 0.25) is 0 Å². The zero-order chi connectivity index (χ0) is 21.2. The summed E-state index contributed by atoms with van der Waals surface area (Å²) in [4.78, 5) is 24.8. The van der Waals surface area contributed by atoms with E-state index in [2.05, 4.69) is 40.4 Å². The SMILES string of the molecule is COCCCNC(=O)c1ccccc1NC(=O)COc1ccc(Br)cc1C(C)C. The highest BCUT2D eigenvalue weighted by Gasteiger charge is 2.14. The Morgan fingerprint density at radius 2 is 1.90 bits per heavy atom. The highest BCUT2D eigenvalue weighted by Crippen LogP contribution is 2.29. The van der Waals surface area contributed by atoms with E-state index in [1.807, 2.05) is 18.2 Å². The summed E-state index contributed by atoms with van der Waals surface area (Å²) in [5, 5.41) is 5.59. The molecule has 29 heavy (non-hydrogen) atoms. The number of para-hydroxylation sites is 1. The predicted octanol–water partition coefficient (Wildman–Crippen LogP) is 4.36. The van der Waals surface area contributed by atoms with Crippen molar-refractivity contribution in [3.05, 3.63) is 58.1 Å². The van der Waals surface area contributed by atoms with Gasteiger partial charge in [-0.2, -0.15) is 0 Å². The second-order valence-corrected chi connectivity index (χ2v) is 7.74. The molecule has 0 bridgehead atoms. The van der Waals surface area contributed by atoms with Crippen LogP contribution in [0.5, 0.6) is 5.75 Å². The number of amides is 2. The predicted molar refractivity (Wildman–Crippen MR) is 118 cm³/mol. The van der Waals surface area contributed by atoms with E-state index in [1.54, 1.807) is 31.4 Å². The Balaban J connectivity index is 1.99. The first kappa shape index (κ1) is 22.9. The number of hydrogen-bond donors (Lipinski definition) is 2. The number of ether oxygens (including phenoxy) is 2. The third-order valence-corrected chi connectivity index (χ3v) is 4.70. The van der Waals surface area contributed by atoms with Gasteiger partial charge in [0, 0.05) is 24.7 Å². The van der Waals surface area contributed by atoms with E-state index in [1.165, 1.54) is 0 Å². The Bertz CT molecular complexity index is 839. The van der Waals surface area contributed by atoms with E-state index >= 15 is 0 Å². The average Bonchev–Trinajstić information content (AvgIpc) is 2.70. The van der Waals surface area contributed by atoms with Gasteiger partial charge in [0.2, 0.25) is 0 Å². The van der Waals surface area contributed by atoms with E-state index in [-0.39, 0.29) is 24.3 Å². The molecule has 0 spiro atoms. The van der Waals surface area contributed by atoms with Crippen molar-refractivity contribution < 1.29 is 19.1 Å². The number of nitrogens with one attached hydrogen (secondary N) is 2. The van der Waals surface area contributed by atoms with Crippen LogP contribution in [-0.4, -0.2) is 38.7 Å². The molecule has 0 unspecified atom stereocenters. The van der Waals surface area contributed by atoms with Gasteiger partial charge >= 0.3 is 0 Å². The molecule has 0 aliphatic rings. The number of benzene rings is 2. The van der Waals surface area contributed by atoms with Crippen molar-refractivity contribution in [3.63, 3.8) is 0 Å². The normalized spacial score (nSPS) is 10.7. The number of anilines is 1. The lowest BCUT2D eigenvalue weighted by molar-refractivity contribution is -0.118. The van der Waals surface area contributed by atoms with Crippen molar-refractivity contribution in [1.29, 1.82) is 0 Å². The fraction of sp³-hybridized carbons (Fsp3) is 0.364. The summed E-state index contributed by atoms with van der Waals surface area (Å²) < 4.78 is 11.7. The summed E-state index contributed by atoms with van der Waals surface area (Å²) in [6, 6.07) is 12.6. The molecule has 2 amide bonds. The van der Waals surface area contributed by atoms with Crippen molar-refractivity contribution in [2.24, 2.45) is 0 Å². The topological polar surface area (TPSA) is 76.7 Å². The van der Waals surface area contributed by atoms with Crippen molar-refractivity contribution >= 4 is 33.4 Å². The van der Waals surface area contributed by atoms with Crippen molar-refractivity contribution in [3.8, 4) is 5.75 Å². The van der Waals surface area contributed by atoms with Crippen LogP contribution in [0.15, 0.2) is 46.9 Å². The molecular formula is C22H27BrN2O4. The molecule has 7 heteroatoms. The lowest BCUT2D eigenvalue weighted by Gasteiger charge is -2.15. The summed E-state index contributed by atoms with van der Waals surface area (Å²) in [6.07, 6.45) is 0.718.